The third-order valence-corrected chi connectivity index (χ3v) is 4.28. The van der Waals surface area contributed by atoms with E-state index in [2.05, 4.69) is 11.4 Å². The van der Waals surface area contributed by atoms with Crippen LogP contribution in [-0.4, -0.2) is 31.5 Å². The third kappa shape index (κ3) is 3.29. The highest BCUT2D eigenvalue weighted by Crippen LogP contribution is 2.32. The van der Waals surface area contributed by atoms with E-state index in [1.807, 2.05) is 18.2 Å². The molecule has 3 rings (SSSR count). The van der Waals surface area contributed by atoms with Gasteiger partial charge in [-0.3, -0.25) is 0 Å². The van der Waals surface area contributed by atoms with Gasteiger partial charge in [-0.25, -0.2) is 0 Å². The first kappa shape index (κ1) is 13.4. The minimum atomic E-state index is -0.0236. The Bertz CT molecular complexity index is 432. The van der Waals surface area contributed by atoms with Crippen LogP contribution in [0.4, 0.5) is 0 Å². The van der Waals surface area contributed by atoms with Gasteiger partial charge in [0.1, 0.15) is 0 Å². The largest absolute Gasteiger partial charge is 0.378 e. The maximum Gasteiger partial charge on any atom is 0.0951 e. The molecule has 2 fully saturated rings. The Balaban J connectivity index is 1.55. The van der Waals surface area contributed by atoms with Crippen LogP contribution in [-0.2, 0) is 16.0 Å². The standard InChI is InChI=1S/C15H20ClNO2/c16-13-3-1-2-12(8-13)10-17-14-4-6-19-15(9-14)5-7-18-11-15/h1-3,8,14,17H,4-7,9-11H2. The lowest BCUT2D eigenvalue weighted by molar-refractivity contribution is -0.0894. The van der Waals surface area contributed by atoms with E-state index in [0.717, 1.165) is 50.7 Å². The quantitative estimate of drug-likeness (QED) is 0.924. The normalized spacial score (nSPS) is 30.9. The first-order chi connectivity index (χ1) is 9.26. The van der Waals surface area contributed by atoms with Crippen LogP contribution < -0.4 is 5.32 Å². The van der Waals surface area contributed by atoms with E-state index in [0.29, 0.717) is 6.04 Å². The van der Waals surface area contributed by atoms with Crippen molar-refractivity contribution in [3.63, 3.8) is 0 Å². The summed E-state index contributed by atoms with van der Waals surface area (Å²) in [6.45, 7) is 3.28. The van der Waals surface area contributed by atoms with Gasteiger partial charge >= 0.3 is 0 Å². The summed E-state index contributed by atoms with van der Waals surface area (Å²) < 4.78 is 11.4. The highest BCUT2D eigenvalue weighted by molar-refractivity contribution is 6.30. The summed E-state index contributed by atoms with van der Waals surface area (Å²) >= 11 is 6.00. The fourth-order valence-electron chi connectivity index (χ4n) is 2.97. The first-order valence-electron chi connectivity index (χ1n) is 6.95. The lowest BCUT2D eigenvalue weighted by atomic mass is 9.89. The van der Waals surface area contributed by atoms with Crippen molar-refractivity contribution in [3.05, 3.63) is 34.9 Å². The molecule has 0 bridgehead atoms. The molecule has 104 valence electrons. The van der Waals surface area contributed by atoms with E-state index in [4.69, 9.17) is 21.1 Å². The summed E-state index contributed by atoms with van der Waals surface area (Å²) in [7, 11) is 0. The van der Waals surface area contributed by atoms with Gasteiger partial charge in [0.05, 0.1) is 12.2 Å². The molecule has 0 amide bonds. The molecule has 0 aliphatic carbocycles. The van der Waals surface area contributed by atoms with Crippen LogP contribution >= 0.6 is 11.6 Å². The Morgan fingerprint density at radius 1 is 1.37 bits per heavy atom. The van der Waals surface area contributed by atoms with Gasteiger partial charge in [-0.15, -0.1) is 0 Å². The topological polar surface area (TPSA) is 30.5 Å². The Hall–Kier alpha value is -0.610. The van der Waals surface area contributed by atoms with Crippen molar-refractivity contribution in [2.75, 3.05) is 19.8 Å². The van der Waals surface area contributed by atoms with Crippen molar-refractivity contribution in [2.45, 2.75) is 37.5 Å². The zero-order chi connectivity index (χ0) is 13.1. The number of ether oxygens (including phenoxy) is 2. The smallest absolute Gasteiger partial charge is 0.0951 e. The van der Waals surface area contributed by atoms with Gasteiger partial charge in [-0.2, -0.15) is 0 Å². The van der Waals surface area contributed by atoms with Crippen molar-refractivity contribution in [1.29, 1.82) is 0 Å². The van der Waals surface area contributed by atoms with Crippen LogP contribution in [0.1, 0.15) is 24.8 Å². The number of benzene rings is 1. The third-order valence-electron chi connectivity index (χ3n) is 4.04. The minimum Gasteiger partial charge on any atom is -0.378 e. The van der Waals surface area contributed by atoms with Gasteiger partial charge in [0.2, 0.25) is 0 Å². The molecule has 1 aromatic rings. The average molecular weight is 282 g/mol. The molecule has 19 heavy (non-hydrogen) atoms. The molecular formula is C15H20ClNO2. The zero-order valence-electron chi connectivity index (χ0n) is 11.0. The van der Waals surface area contributed by atoms with Crippen molar-refractivity contribution in [1.82, 2.24) is 5.32 Å². The second kappa shape index (κ2) is 5.80. The van der Waals surface area contributed by atoms with Crippen molar-refractivity contribution in [2.24, 2.45) is 0 Å². The fourth-order valence-corrected chi connectivity index (χ4v) is 3.19. The fraction of sp³-hybridized carbons (Fsp3) is 0.600. The molecule has 2 atom stereocenters. The highest BCUT2D eigenvalue weighted by Gasteiger charge is 2.40. The molecule has 0 aromatic heterocycles. The molecule has 1 N–H and O–H groups in total. The molecule has 3 nitrogen and oxygen atoms in total. The lowest BCUT2D eigenvalue weighted by Gasteiger charge is -2.37. The van der Waals surface area contributed by atoms with E-state index in [9.17, 15) is 0 Å². The van der Waals surface area contributed by atoms with E-state index in [1.54, 1.807) is 0 Å². The molecule has 2 aliphatic rings. The number of rotatable bonds is 3. The van der Waals surface area contributed by atoms with E-state index >= 15 is 0 Å². The van der Waals surface area contributed by atoms with Crippen LogP contribution in [0.15, 0.2) is 24.3 Å². The first-order valence-corrected chi connectivity index (χ1v) is 7.33. The van der Waals surface area contributed by atoms with Gasteiger partial charge in [0, 0.05) is 37.2 Å². The van der Waals surface area contributed by atoms with Crippen molar-refractivity contribution >= 4 is 11.6 Å². The molecule has 0 radical (unpaired) electrons. The number of halogens is 1. The number of nitrogens with one attached hydrogen (secondary N) is 1. The van der Waals surface area contributed by atoms with Crippen LogP contribution in [0.25, 0.3) is 0 Å². The molecule has 1 spiro atoms. The molecule has 2 saturated heterocycles. The summed E-state index contributed by atoms with van der Waals surface area (Å²) in [4.78, 5) is 0. The van der Waals surface area contributed by atoms with Gasteiger partial charge < -0.3 is 14.8 Å². The molecule has 4 heteroatoms. The number of hydrogen-bond donors (Lipinski definition) is 1. The van der Waals surface area contributed by atoms with Crippen molar-refractivity contribution < 1.29 is 9.47 Å². The van der Waals surface area contributed by atoms with E-state index < -0.39 is 0 Å². The summed E-state index contributed by atoms with van der Waals surface area (Å²) in [6.07, 6.45) is 3.15. The SMILES string of the molecule is Clc1cccc(CNC2CCOC3(CCOC3)C2)c1. The second-order valence-corrected chi connectivity index (χ2v) is 5.97. The molecule has 2 aliphatic heterocycles. The summed E-state index contributed by atoms with van der Waals surface area (Å²) in [5, 5.41) is 4.42. The van der Waals surface area contributed by atoms with Gasteiger partial charge in [-0.05, 0) is 30.5 Å². The summed E-state index contributed by atoms with van der Waals surface area (Å²) in [5.41, 5.74) is 1.21. The van der Waals surface area contributed by atoms with Crippen LogP contribution in [0.5, 0.6) is 0 Å². The van der Waals surface area contributed by atoms with Crippen LogP contribution in [0.3, 0.4) is 0 Å². The maximum absolute atomic E-state index is 6.00. The van der Waals surface area contributed by atoms with E-state index in [1.165, 1.54) is 5.56 Å². The second-order valence-electron chi connectivity index (χ2n) is 5.53. The monoisotopic (exact) mass is 281 g/mol. The summed E-state index contributed by atoms with van der Waals surface area (Å²) in [5.74, 6) is 0. The molecule has 2 heterocycles. The zero-order valence-corrected chi connectivity index (χ0v) is 11.8. The molecule has 2 unspecified atom stereocenters. The molecule has 0 saturated carbocycles. The van der Waals surface area contributed by atoms with Crippen LogP contribution in [0.2, 0.25) is 5.02 Å². The predicted molar refractivity (Wildman–Crippen MR) is 75.4 cm³/mol. The Kier molecular flexibility index (Phi) is 4.08. The Morgan fingerprint density at radius 2 is 2.32 bits per heavy atom. The van der Waals surface area contributed by atoms with Gasteiger partial charge in [-0.1, -0.05) is 23.7 Å². The van der Waals surface area contributed by atoms with Gasteiger partial charge in [0.25, 0.3) is 0 Å². The minimum absolute atomic E-state index is 0.0236. The molecular weight excluding hydrogens is 262 g/mol. The van der Waals surface area contributed by atoms with Crippen molar-refractivity contribution in [3.8, 4) is 0 Å². The highest BCUT2D eigenvalue weighted by atomic mass is 35.5. The van der Waals surface area contributed by atoms with Gasteiger partial charge in [0.15, 0.2) is 0 Å². The maximum atomic E-state index is 6.00. The van der Waals surface area contributed by atoms with Crippen LogP contribution in [0, 0.1) is 0 Å². The predicted octanol–water partition coefficient (Wildman–Crippen LogP) is 2.77. The average Bonchev–Trinajstić information content (AvgIpc) is 2.85. The Labute approximate surface area is 119 Å². The summed E-state index contributed by atoms with van der Waals surface area (Å²) in [6, 6.07) is 8.53. The lowest BCUT2D eigenvalue weighted by Crippen LogP contribution is -2.47. The Morgan fingerprint density at radius 3 is 3.11 bits per heavy atom. The molecule has 1 aromatic carbocycles. The van der Waals surface area contributed by atoms with E-state index in [-0.39, 0.29) is 5.60 Å². The number of hydrogen-bond acceptors (Lipinski definition) is 3.